The highest BCUT2D eigenvalue weighted by Gasteiger charge is 2.39. The molecule has 1 aliphatic rings. The number of thiazole rings is 1. The van der Waals surface area contributed by atoms with Crippen LogP contribution in [0.2, 0.25) is 0 Å². The molecule has 1 amide bonds. The average molecular weight is 453 g/mol. The van der Waals surface area contributed by atoms with E-state index in [2.05, 4.69) is 20.6 Å². The van der Waals surface area contributed by atoms with Crippen LogP contribution in [0.4, 0.5) is 37.2 Å². The van der Waals surface area contributed by atoms with Crippen LogP contribution in [0.15, 0.2) is 17.5 Å². The number of anilines is 2. The van der Waals surface area contributed by atoms with Crippen LogP contribution < -0.4 is 16.4 Å². The molecule has 1 saturated carbocycles. The molecule has 30 heavy (non-hydrogen) atoms. The van der Waals surface area contributed by atoms with E-state index in [1.165, 1.54) is 5.38 Å². The molecule has 0 atom stereocenters. The lowest BCUT2D eigenvalue weighted by Gasteiger charge is -2.30. The molecule has 0 spiro atoms. The van der Waals surface area contributed by atoms with E-state index in [-0.39, 0.29) is 34.5 Å². The predicted octanol–water partition coefficient (Wildman–Crippen LogP) is 4.31. The molecule has 2 heterocycles. The van der Waals surface area contributed by atoms with Crippen molar-refractivity contribution in [2.45, 2.75) is 50.1 Å². The molecular weight excluding hydrogens is 436 g/mol. The Kier molecular flexibility index (Phi) is 6.11. The van der Waals surface area contributed by atoms with Crippen molar-refractivity contribution in [2.75, 3.05) is 11.1 Å². The standard InChI is InChI=1S/C17H17F6N5OS/c18-16(19,20)12-5-10(6-13(28-12)17(21,22)23)25-8-1-3-9(4-2-8)26-14(29)11-7-30-15(24)27-11/h5-9H,1-4H2,(H2,24,27)(H,25,28)(H,26,29). The van der Waals surface area contributed by atoms with Gasteiger partial charge in [-0.05, 0) is 37.8 Å². The minimum absolute atomic E-state index is 0.174. The maximum absolute atomic E-state index is 12.9. The van der Waals surface area contributed by atoms with E-state index >= 15 is 0 Å². The second-order valence-electron chi connectivity index (χ2n) is 6.86. The Balaban J connectivity index is 1.62. The normalized spacial score (nSPS) is 20.1. The zero-order valence-electron chi connectivity index (χ0n) is 15.3. The van der Waals surface area contributed by atoms with Crippen LogP contribution >= 0.6 is 11.3 Å². The van der Waals surface area contributed by atoms with Gasteiger partial charge in [-0.2, -0.15) is 26.3 Å². The molecule has 4 N–H and O–H groups in total. The quantitative estimate of drug-likeness (QED) is 0.600. The summed E-state index contributed by atoms with van der Waals surface area (Å²) in [7, 11) is 0. The van der Waals surface area contributed by atoms with Gasteiger partial charge in [0.2, 0.25) is 0 Å². The van der Waals surface area contributed by atoms with E-state index < -0.39 is 23.7 Å². The average Bonchev–Trinajstić information content (AvgIpc) is 3.08. The van der Waals surface area contributed by atoms with E-state index in [1.54, 1.807) is 0 Å². The molecule has 0 bridgehead atoms. The molecule has 2 aromatic heterocycles. The largest absolute Gasteiger partial charge is 0.433 e. The van der Waals surface area contributed by atoms with Crippen LogP contribution in [0.1, 0.15) is 47.6 Å². The number of rotatable bonds is 4. The number of halogens is 6. The number of hydrogen-bond acceptors (Lipinski definition) is 6. The van der Waals surface area contributed by atoms with Crippen LogP contribution in [0.3, 0.4) is 0 Å². The molecule has 0 saturated heterocycles. The Hall–Kier alpha value is -2.57. The first-order valence-corrected chi connectivity index (χ1v) is 9.74. The van der Waals surface area contributed by atoms with E-state index in [0.717, 1.165) is 11.3 Å². The van der Waals surface area contributed by atoms with Gasteiger partial charge in [-0.1, -0.05) is 0 Å². The van der Waals surface area contributed by atoms with Gasteiger partial charge in [0.1, 0.15) is 17.1 Å². The fourth-order valence-electron chi connectivity index (χ4n) is 3.17. The second kappa shape index (κ2) is 8.28. The second-order valence-corrected chi connectivity index (χ2v) is 7.75. The summed E-state index contributed by atoms with van der Waals surface area (Å²) in [5.41, 5.74) is 2.18. The first-order chi connectivity index (χ1) is 13.9. The molecule has 3 rings (SSSR count). The fraction of sp³-hybridized carbons (Fsp3) is 0.471. The van der Waals surface area contributed by atoms with Crippen molar-refractivity contribution >= 4 is 28.1 Å². The number of amides is 1. The molecule has 164 valence electrons. The van der Waals surface area contributed by atoms with Crippen LogP contribution in [0, 0.1) is 0 Å². The Bertz CT molecular complexity index is 873. The highest BCUT2D eigenvalue weighted by Crippen LogP contribution is 2.35. The van der Waals surface area contributed by atoms with E-state index in [1.807, 2.05) is 0 Å². The van der Waals surface area contributed by atoms with Crippen LogP contribution in [0.25, 0.3) is 0 Å². The summed E-state index contributed by atoms with van der Waals surface area (Å²) in [6.45, 7) is 0. The number of nitrogens with two attached hydrogens (primary N) is 1. The van der Waals surface area contributed by atoms with Gasteiger partial charge in [0.15, 0.2) is 5.13 Å². The maximum atomic E-state index is 12.9. The summed E-state index contributed by atoms with van der Waals surface area (Å²) >= 11 is 1.13. The number of pyridine rings is 1. The van der Waals surface area contributed by atoms with Gasteiger partial charge in [0.25, 0.3) is 5.91 Å². The van der Waals surface area contributed by atoms with Crippen LogP contribution in [-0.2, 0) is 12.4 Å². The molecule has 1 fully saturated rings. The van der Waals surface area contributed by atoms with Crippen molar-refractivity contribution < 1.29 is 31.1 Å². The Morgan fingerprint density at radius 3 is 1.97 bits per heavy atom. The van der Waals surface area contributed by atoms with Gasteiger partial charge in [-0.15, -0.1) is 11.3 Å². The Labute approximate surface area is 170 Å². The number of nitrogen functional groups attached to an aromatic ring is 1. The zero-order valence-corrected chi connectivity index (χ0v) is 16.1. The highest BCUT2D eigenvalue weighted by atomic mass is 32.1. The first-order valence-electron chi connectivity index (χ1n) is 8.86. The molecule has 0 radical (unpaired) electrons. The molecule has 0 aromatic carbocycles. The topological polar surface area (TPSA) is 92.9 Å². The number of nitrogens with zero attached hydrogens (tertiary/aromatic N) is 2. The summed E-state index contributed by atoms with van der Waals surface area (Å²) in [6, 6.07) is 0.621. The SMILES string of the molecule is Nc1nc(C(=O)NC2CCC(Nc3cc(C(F)(F)F)nc(C(F)(F)F)c3)CC2)cs1. The van der Waals surface area contributed by atoms with Crippen molar-refractivity contribution in [3.63, 3.8) is 0 Å². The summed E-state index contributed by atoms with van der Waals surface area (Å²) in [5.74, 6) is -0.377. The summed E-state index contributed by atoms with van der Waals surface area (Å²) in [5, 5.41) is 7.33. The highest BCUT2D eigenvalue weighted by molar-refractivity contribution is 7.13. The van der Waals surface area contributed by atoms with Crippen molar-refractivity contribution in [1.82, 2.24) is 15.3 Å². The number of aromatic nitrogens is 2. The minimum atomic E-state index is -5.00. The van der Waals surface area contributed by atoms with Gasteiger partial charge < -0.3 is 16.4 Å². The van der Waals surface area contributed by atoms with Gasteiger partial charge in [0, 0.05) is 23.2 Å². The number of carbonyl (C=O) groups is 1. The molecule has 0 aliphatic heterocycles. The Morgan fingerprint density at radius 1 is 0.967 bits per heavy atom. The number of alkyl halides is 6. The first kappa shape index (κ1) is 22.1. The monoisotopic (exact) mass is 453 g/mol. The number of carbonyl (C=O) groups excluding carboxylic acids is 1. The molecule has 6 nitrogen and oxygen atoms in total. The summed E-state index contributed by atoms with van der Waals surface area (Å²) in [6.07, 6.45) is -8.08. The van der Waals surface area contributed by atoms with Gasteiger partial charge in [-0.25, -0.2) is 9.97 Å². The van der Waals surface area contributed by atoms with Crippen molar-refractivity contribution in [3.05, 3.63) is 34.6 Å². The fourth-order valence-corrected chi connectivity index (χ4v) is 3.72. The van der Waals surface area contributed by atoms with Gasteiger partial charge >= 0.3 is 12.4 Å². The lowest BCUT2D eigenvalue weighted by Crippen LogP contribution is -2.40. The summed E-state index contributed by atoms with van der Waals surface area (Å²) in [4.78, 5) is 18.7. The Morgan fingerprint density at radius 2 is 1.50 bits per heavy atom. The number of nitrogens with one attached hydrogen (secondary N) is 2. The molecule has 1 aliphatic carbocycles. The van der Waals surface area contributed by atoms with Crippen molar-refractivity contribution in [2.24, 2.45) is 0 Å². The molecule has 13 heteroatoms. The lowest BCUT2D eigenvalue weighted by molar-refractivity contribution is -0.150. The maximum Gasteiger partial charge on any atom is 0.433 e. The third kappa shape index (κ3) is 5.52. The van der Waals surface area contributed by atoms with Gasteiger partial charge in [-0.3, -0.25) is 4.79 Å². The van der Waals surface area contributed by atoms with E-state index in [4.69, 9.17) is 5.73 Å². The minimum Gasteiger partial charge on any atom is -0.382 e. The van der Waals surface area contributed by atoms with Crippen molar-refractivity contribution in [3.8, 4) is 0 Å². The smallest absolute Gasteiger partial charge is 0.382 e. The molecular formula is C17H17F6N5OS. The lowest BCUT2D eigenvalue weighted by atomic mass is 9.91. The number of hydrogen-bond donors (Lipinski definition) is 3. The van der Waals surface area contributed by atoms with E-state index in [9.17, 15) is 31.1 Å². The predicted molar refractivity (Wildman–Crippen MR) is 97.9 cm³/mol. The molecule has 2 aromatic rings. The third-order valence-corrected chi connectivity index (χ3v) is 5.27. The van der Waals surface area contributed by atoms with Crippen LogP contribution in [-0.4, -0.2) is 28.0 Å². The van der Waals surface area contributed by atoms with E-state index in [0.29, 0.717) is 37.8 Å². The third-order valence-electron chi connectivity index (χ3n) is 4.59. The summed E-state index contributed by atoms with van der Waals surface area (Å²) < 4.78 is 77.5. The van der Waals surface area contributed by atoms with Crippen LogP contribution in [0.5, 0.6) is 0 Å². The zero-order chi connectivity index (χ0) is 22.1. The van der Waals surface area contributed by atoms with Gasteiger partial charge in [0.05, 0.1) is 0 Å². The molecule has 0 unspecified atom stereocenters. The van der Waals surface area contributed by atoms with Crippen molar-refractivity contribution in [1.29, 1.82) is 0 Å².